The van der Waals surface area contributed by atoms with Crippen molar-refractivity contribution in [2.24, 2.45) is 0 Å². The highest BCUT2D eigenvalue weighted by Crippen LogP contribution is 2.14. The molecule has 2 fully saturated rings. The number of amides is 1. The number of cyclic esters (lactones) is 2. The summed E-state index contributed by atoms with van der Waals surface area (Å²) in [6.07, 6.45) is -0.499. The second kappa shape index (κ2) is 2.20. The molecule has 5 nitrogen and oxygen atoms in total. The van der Waals surface area contributed by atoms with Crippen LogP contribution in [-0.2, 0) is 9.53 Å². The van der Waals surface area contributed by atoms with Crippen molar-refractivity contribution in [3.05, 3.63) is 0 Å². The van der Waals surface area contributed by atoms with Gasteiger partial charge < -0.3 is 10.1 Å². The van der Waals surface area contributed by atoms with Crippen LogP contribution in [0.2, 0.25) is 0 Å². The zero-order valence-electron chi connectivity index (χ0n) is 5.87. The van der Waals surface area contributed by atoms with Gasteiger partial charge in [-0.2, -0.15) is 0 Å². The SMILES string of the molecule is O=C1OC(=O)N2CCNCC12. The first-order valence-electron chi connectivity index (χ1n) is 3.52. The minimum Gasteiger partial charge on any atom is -0.375 e. The van der Waals surface area contributed by atoms with Gasteiger partial charge in [0.15, 0.2) is 0 Å². The van der Waals surface area contributed by atoms with Gasteiger partial charge in [0.2, 0.25) is 0 Å². The third-order valence-electron chi connectivity index (χ3n) is 1.94. The summed E-state index contributed by atoms with van der Waals surface area (Å²) in [6, 6.07) is -0.378. The summed E-state index contributed by atoms with van der Waals surface area (Å²) in [4.78, 5) is 23.2. The van der Waals surface area contributed by atoms with Crippen molar-refractivity contribution >= 4 is 12.1 Å². The average Bonchev–Trinajstić information content (AvgIpc) is 2.30. The summed E-state index contributed by atoms with van der Waals surface area (Å²) < 4.78 is 4.42. The van der Waals surface area contributed by atoms with Crippen molar-refractivity contribution in [1.29, 1.82) is 0 Å². The maximum Gasteiger partial charge on any atom is 0.418 e. The van der Waals surface area contributed by atoms with Crippen LogP contribution in [0.5, 0.6) is 0 Å². The minimum absolute atomic E-state index is 0.378. The Labute approximate surface area is 63.3 Å². The van der Waals surface area contributed by atoms with Gasteiger partial charge in [0, 0.05) is 19.6 Å². The molecule has 1 atom stereocenters. The quantitative estimate of drug-likeness (QED) is 0.358. The number of fused-ring (bicyclic) bond motifs is 1. The molecule has 0 aromatic heterocycles. The number of hydrogen-bond donors (Lipinski definition) is 1. The number of carbonyl (C=O) groups excluding carboxylic acids is 2. The van der Waals surface area contributed by atoms with E-state index in [1.54, 1.807) is 0 Å². The number of piperazine rings is 1. The predicted octanol–water partition coefficient (Wildman–Crippen LogP) is -1.06. The van der Waals surface area contributed by atoms with Crippen molar-refractivity contribution < 1.29 is 14.3 Å². The highest BCUT2D eigenvalue weighted by atomic mass is 16.6. The number of ether oxygens (including phenoxy) is 1. The molecule has 2 heterocycles. The fourth-order valence-electron chi connectivity index (χ4n) is 1.35. The molecule has 0 aromatic carbocycles. The van der Waals surface area contributed by atoms with Gasteiger partial charge in [0.1, 0.15) is 6.04 Å². The number of nitrogens with one attached hydrogen (secondary N) is 1. The standard InChI is InChI=1S/C6H8N2O3/c9-5-4-3-7-1-2-8(4)6(10)11-5/h4,7H,1-3H2. The van der Waals surface area contributed by atoms with Gasteiger partial charge in [0.25, 0.3) is 0 Å². The summed E-state index contributed by atoms with van der Waals surface area (Å²) >= 11 is 0. The van der Waals surface area contributed by atoms with E-state index in [0.717, 1.165) is 6.54 Å². The Morgan fingerprint density at radius 2 is 2.36 bits per heavy atom. The molecule has 0 saturated carbocycles. The Kier molecular flexibility index (Phi) is 1.32. The lowest BCUT2D eigenvalue weighted by Crippen LogP contribution is -2.51. The summed E-state index contributed by atoms with van der Waals surface area (Å²) in [5, 5.41) is 3.01. The van der Waals surface area contributed by atoms with E-state index in [0.29, 0.717) is 13.1 Å². The molecule has 1 unspecified atom stereocenters. The van der Waals surface area contributed by atoms with Crippen LogP contribution in [0.1, 0.15) is 0 Å². The molecular weight excluding hydrogens is 148 g/mol. The molecule has 5 heteroatoms. The van der Waals surface area contributed by atoms with Crippen LogP contribution >= 0.6 is 0 Å². The normalized spacial score (nSPS) is 30.2. The molecule has 0 bridgehead atoms. The maximum absolute atomic E-state index is 10.9. The molecule has 0 aromatic rings. The number of rotatable bonds is 0. The molecule has 0 radical (unpaired) electrons. The first-order chi connectivity index (χ1) is 5.29. The molecule has 2 rings (SSSR count). The fourth-order valence-corrected chi connectivity index (χ4v) is 1.35. The largest absolute Gasteiger partial charge is 0.418 e. The minimum atomic E-state index is -0.499. The highest BCUT2D eigenvalue weighted by Gasteiger charge is 2.42. The van der Waals surface area contributed by atoms with Crippen LogP contribution in [0.15, 0.2) is 0 Å². The Bertz CT molecular complexity index is 194. The summed E-state index contributed by atoms with van der Waals surface area (Å²) in [5.74, 6) is -0.429. The first kappa shape index (κ1) is 6.60. The number of esters is 1. The van der Waals surface area contributed by atoms with Gasteiger partial charge >= 0.3 is 12.1 Å². The van der Waals surface area contributed by atoms with Gasteiger partial charge in [0.05, 0.1) is 0 Å². The van der Waals surface area contributed by atoms with Crippen molar-refractivity contribution in [3.8, 4) is 0 Å². The van der Waals surface area contributed by atoms with E-state index in [-0.39, 0.29) is 6.04 Å². The first-order valence-corrected chi connectivity index (χ1v) is 3.52. The van der Waals surface area contributed by atoms with Gasteiger partial charge in [-0.05, 0) is 0 Å². The summed E-state index contributed by atoms with van der Waals surface area (Å²) in [7, 11) is 0. The highest BCUT2D eigenvalue weighted by molar-refractivity contribution is 5.95. The van der Waals surface area contributed by atoms with E-state index in [9.17, 15) is 9.59 Å². The van der Waals surface area contributed by atoms with Gasteiger partial charge in [-0.1, -0.05) is 0 Å². The van der Waals surface area contributed by atoms with E-state index in [1.165, 1.54) is 4.90 Å². The van der Waals surface area contributed by atoms with Gasteiger partial charge in [-0.3, -0.25) is 4.90 Å². The van der Waals surface area contributed by atoms with E-state index in [1.807, 2.05) is 0 Å². The second-order valence-corrected chi connectivity index (χ2v) is 2.60. The van der Waals surface area contributed by atoms with Crippen LogP contribution in [0.3, 0.4) is 0 Å². The molecule has 1 N–H and O–H groups in total. The Hall–Kier alpha value is -1.10. The van der Waals surface area contributed by atoms with E-state index in [2.05, 4.69) is 10.1 Å². The van der Waals surface area contributed by atoms with Gasteiger partial charge in [-0.25, -0.2) is 9.59 Å². The topological polar surface area (TPSA) is 58.6 Å². The van der Waals surface area contributed by atoms with Crippen molar-refractivity contribution in [2.75, 3.05) is 19.6 Å². The lowest BCUT2D eigenvalue weighted by Gasteiger charge is -2.25. The molecular formula is C6H8N2O3. The fraction of sp³-hybridized carbons (Fsp3) is 0.667. The van der Waals surface area contributed by atoms with Crippen LogP contribution in [-0.4, -0.2) is 42.6 Å². The Morgan fingerprint density at radius 3 is 3.09 bits per heavy atom. The lowest BCUT2D eigenvalue weighted by atomic mass is 10.2. The monoisotopic (exact) mass is 156 g/mol. The molecule has 0 spiro atoms. The smallest absolute Gasteiger partial charge is 0.375 e. The summed E-state index contributed by atoms with van der Waals surface area (Å²) in [5.41, 5.74) is 0. The Balaban J connectivity index is 2.19. The molecule has 2 aliphatic heterocycles. The van der Waals surface area contributed by atoms with E-state index in [4.69, 9.17) is 0 Å². The molecule has 2 aliphatic rings. The third-order valence-corrected chi connectivity index (χ3v) is 1.94. The van der Waals surface area contributed by atoms with Crippen molar-refractivity contribution in [2.45, 2.75) is 6.04 Å². The maximum atomic E-state index is 10.9. The van der Waals surface area contributed by atoms with Crippen LogP contribution < -0.4 is 5.32 Å². The molecule has 2 saturated heterocycles. The van der Waals surface area contributed by atoms with Crippen molar-refractivity contribution in [1.82, 2.24) is 10.2 Å². The van der Waals surface area contributed by atoms with Crippen LogP contribution in [0.4, 0.5) is 4.79 Å². The molecule has 1 amide bonds. The summed E-state index contributed by atoms with van der Waals surface area (Å²) in [6.45, 7) is 1.82. The van der Waals surface area contributed by atoms with Crippen LogP contribution in [0, 0.1) is 0 Å². The predicted molar refractivity (Wildman–Crippen MR) is 34.9 cm³/mol. The number of carbonyl (C=O) groups is 2. The lowest BCUT2D eigenvalue weighted by molar-refractivity contribution is -0.135. The van der Waals surface area contributed by atoms with E-state index < -0.39 is 12.1 Å². The molecule has 60 valence electrons. The second-order valence-electron chi connectivity index (χ2n) is 2.60. The third kappa shape index (κ3) is 0.883. The zero-order chi connectivity index (χ0) is 7.84. The molecule has 0 aliphatic carbocycles. The van der Waals surface area contributed by atoms with Gasteiger partial charge in [-0.15, -0.1) is 0 Å². The molecule has 11 heavy (non-hydrogen) atoms. The van der Waals surface area contributed by atoms with Crippen molar-refractivity contribution in [3.63, 3.8) is 0 Å². The average molecular weight is 156 g/mol. The number of nitrogens with zero attached hydrogens (tertiary/aromatic N) is 1. The number of hydrogen-bond acceptors (Lipinski definition) is 4. The zero-order valence-corrected chi connectivity index (χ0v) is 5.87. The van der Waals surface area contributed by atoms with Crippen LogP contribution in [0.25, 0.3) is 0 Å². The van der Waals surface area contributed by atoms with E-state index >= 15 is 0 Å². The Morgan fingerprint density at radius 1 is 1.55 bits per heavy atom.